The minimum Gasteiger partial charge on any atom is -0.396 e. The number of H-pyrrole nitrogens is 1. The number of nitrogen functional groups attached to an aromatic ring is 1. The van der Waals surface area contributed by atoms with Gasteiger partial charge in [0.05, 0.1) is 28.2 Å². The molecule has 8 heteroatoms. The number of anilines is 2. The molecule has 0 unspecified atom stereocenters. The summed E-state index contributed by atoms with van der Waals surface area (Å²) >= 11 is 8.94. The van der Waals surface area contributed by atoms with Gasteiger partial charge in [-0.05, 0) is 22.0 Å². The first-order valence-corrected chi connectivity index (χ1v) is 5.66. The number of carbonyl (C=O) groups excluding carboxylic acids is 1. The normalized spacial score (nSPS) is 10.2. The van der Waals surface area contributed by atoms with Crippen molar-refractivity contribution in [3.05, 3.63) is 33.8 Å². The van der Waals surface area contributed by atoms with Crippen LogP contribution in [0.2, 0.25) is 5.15 Å². The maximum atomic E-state index is 11.8. The van der Waals surface area contributed by atoms with Crippen LogP contribution in [0.25, 0.3) is 0 Å². The third kappa shape index (κ3) is 2.56. The van der Waals surface area contributed by atoms with Crippen LogP contribution in [0, 0.1) is 0 Å². The first-order chi connectivity index (χ1) is 8.08. The standard InChI is InChI=1S/C9H7BrClN5O/c10-5-1-4(2-13-8(5)11)15-9(17)7-6(12)3-14-16-7/h1-3H,12H2,(H,14,16)(H,15,17). The quantitative estimate of drug-likeness (QED) is 0.739. The van der Waals surface area contributed by atoms with Crippen LogP contribution in [0.5, 0.6) is 0 Å². The lowest BCUT2D eigenvalue weighted by atomic mass is 10.3. The minimum absolute atomic E-state index is 0.205. The molecular formula is C9H7BrClN5O. The van der Waals surface area contributed by atoms with Crippen LogP contribution in [0.15, 0.2) is 22.9 Å². The van der Waals surface area contributed by atoms with Gasteiger partial charge in [-0.25, -0.2) is 4.98 Å². The molecule has 1 amide bonds. The van der Waals surface area contributed by atoms with Gasteiger partial charge >= 0.3 is 0 Å². The fourth-order valence-electron chi connectivity index (χ4n) is 1.16. The molecule has 2 heterocycles. The molecule has 0 bridgehead atoms. The van der Waals surface area contributed by atoms with Crippen LogP contribution in [0.3, 0.4) is 0 Å². The van der Waals surface area contributed by atoms with E-state index in [9.17, 15) is 4.79 Å². The molecule has 0 aromatic carbocycles. The molecule has 0 atom stereocenters. The maximum absolute atomic E-state index is 11.8. The molecule has 0 saturated carbocycles. The second-order valence-electron chi connectivity index (χ2n) is 3.15. The Labute approximate surface area is 110 Å². The van der Waals surface area contributed by atoms with Crippen LogP contribution in [0.4, 0.5) is 11.4 Å². The first kappa shape index (κ1) is 11.9. The molecule has 6 nitrogen and oxygen atoms in total. The number of aromatic amines is 1. The molecule has 88 valence electrons. The number of pyridine rings is 1. The van der Waals surface area contributed by atoms with Crippen molar-refractivity contribution in [3.8, 4) is 0 Å². The third-order valence-corrected chi connectivity index (χ3v) is 3.08. The van der Waals surface area contributed by atoms with E-state index in [1.165, 1.54) is 12.4 Å². The highest BCUT2D eigenvalue weighted by Gasteiger charge is 2.12. The Kier molecular flexibility index (Phi) is 3.30. The zero-order valence-corrected chi connectivity index (χ0v) is 10.7. The lowest BCUT2D eigenvalue weighted by Gasteiger charge is -2.04. The fraction of sp³-hybridized carbons (Fsp3) is 0. The summed E-state index contributed by atoms with van der Waals surface area (Å²) in [5.74, 6) is -0.393. The van der Waals surface area contributed by atoms with E-state index in [0.29, 0.717) is 15.3 Å². The van der Waals surface area contributed by atoms with Crippen LogP contribution in [-0.2, 0) is 0 Å². The second-order valence-corrected chi connectivity index (χ2v) is 4.36. The van der Waals surface area contributed by atoms with Gasteiger partial charge in [0, 0.05) is 0 Å². The van der Waals surface area contributed by atoms with Crippen molar-refractivity contribution in [1.82, 2.24) is 15.2 Å². The van der Waals surface area contributed by atoms with Crippen molar-refractivity contribution in [1.29, 1.82) is 0 Å². The zero-order chi connectivity index (χ0) is 12.4. The monoisotopic (exact) mass is 315 g/mol. The molecule has 0 fully saturated rings. The summed E-state index contributed by atoms with van der Waals surface area (Å²) in [6.45, 7) is 0. The lowest BCUT2D eigenvalue weighted by molar-refractivity contribution is 0.102. The van der Waals surface area contributed by atoms with Gasteiger partial charge in [-0.1, -0.05) is 11.6 Å². The van der Waals surface area contributed by atoms with E-state index >= 15 is 0 Å². The highest BCUT2D eigenvalue weighted by Crippen LogP contribution is 2.23. The fourth-order valence-corrected chi connectivity index (χ4v) is 1.61. The number of nitrogens with one attached hydrogen (secondary N) is 2. The molecule has 2 aromatic rings. The lowest BCUT2D eigenvalue weighted by Crippen LogP contribution is -2.14. The van der Waals surface area contributed by atoms with Gasteiger partial charge in [-0.2, -0.15) is 5.10 Å². The van der Waals surface area contributed by atoms with Crippen molar-refractivity contribution in [2.24, 2.45) is 0 Å². The Morgan fingerprint density at radius 1 is 1.53 bits per heavy atom. The molecule has 17 heavy (non-hydrogen) atoms. The number of nitrogens with zero attached hydrogens (tertiary/aromatic N) is 2. The summed E-state index contributed by atoms with van der Waals surface area (Å²) in [6.07, 6.45) is 2.81. The summed E-state index contributed by atoms with van der Waals surface area (Å²) in [6, 6.07) is 1.64. The van der Waals surface area contributed by atoms with E-state index in [0.717, 1.165) is 0 Å². The van der Waals surface area contributed by atoms with E-state index in [4.69, 9.17) is 17.3 Å². The number of rotatable bonds is 2. The molecule has 0 spiro atoms. The third-order valence-electron chi connectivity index (χ3n) is 1.95. The molecule has 2 aromatic heterocycles. The SMILES string of the molecule is Nc1cn[nH]c1C(=O)Nc1cnc(Cl)c(Br)c1. The topological polar surface area (TPSA) is 96.7 Å². The average molecular weight is 317 g/mol. The highest BCUT2D eigenvalue weighted by atomic mass is 79.9. The summed E-state index contributed by atoms with van der Waals surface area (Å²) in [5, 5.41) is 9.10. The summed E-state index contributed by atoms with van der Waals surface area (Å²) in [7, 11) is 0. The van der Waals surface area contributed by atoms with Gasteiger partial charge in [0.15, 0.2) is 0 Å². The average Bonchev–Trinajstić information content (AvgIpc) is 2.70. The summed E-state index contributed by atoms with van der Waals surface area (Å²) in [5.41, 5.74) is 6.53. The Hall–Kier alpha value is -1.60. The first-order valence-electron chi connectivity index (χ1n) is 4.49. The van der Waals surface area contributed by atoms with Crippen LogP contribution >= 0.6 is 27.5 Å². The van der Waals surface area contributed by atoms with Gasteiger partial charge in [-0.3, -0.25) is 9.89 Å². The predicted molar refractivity (Wildman–Crippen MR) is 67.9 cm³/mol. The molecule has 0 aliphatic heterocycles. The number of nitrogens with two attached hydrogens (primary N) is 1. The Balaban J connectivity index is 2.19. The van der Waals surface area contributed by atoms with E-state index < -0.39 is 5.91 Å². The molecular weight excluding hydrogens is 309 g/mol. The van der Waals surface area contributed by atoms with Crippen molar-refractivity contribution < 1.29 is 4.79 Å². The number of hydrogen-bond acceptors (Lipinski definition) is 4. The Bertz CT molecular complexity index is 570. The maximum Gasteiger partial charge on any atom is 0.275 e. The van der Waals surface area contributed by atoms with Gasteiger partial charge < -0.3 is 11.1 Å². The number of hydrogen-bond donors (Lipinski definition) is 3. The zero-order valence-electron chi connectivity index (χ0n) is 8.37. The van der Waals surface area contributed by atoms with Crippen molar-refractivity contribution in [2.75, 3.05) is 11.1 Å². The van der Waals surface area contributed by atoms with Gasteiger partial charge in [0.2, 0.25) is 0 Å². The van der Waals surface area contributed by atoms with Gasteiger partial charge in [0.1, 0.15) is 10.8 Å². The largest absolute Gasteiger partial charge is 0.396 e. The summed E-state index contributed by atoms with van der Waals surface area (Å²) in [4.78, 5) is 15.6. The van der Waals surface area contributed by atoms with Crippen LogP contribution < -0.4 is 11.1 Å². The van der Waals surface area contributed by atoms with Gasteiger partial charge in [0.25, 0.3) is 5.91 Å². The van der Waals surface area contributed by atoms with Crippen molar-refractivity contribution in [2.45, 2.75) is 0 Å². The molecule has 4 N–H and O–H groups in total. The molecule has 0 aliphatic rings. The van der Waals surface area contributed by atoms with Gasteiger partial charge in [-0.15, -0.1) is 0 Å². The predicted octanol–water partition coefficient (Wildman–Crippen LogP) is 2.06. The number of halogens is 2. The van der Waals surface area contributed by atoms with E-state index in [2.05, 4.69) is 36.4 Å². The number of amides is 1. The highest BCUT2D eigenvalue weighted by molar-refractivity contribution is 9.10. The van der Waals surface area contributed by atoms with E-state index in [1.807, 2.05) is 0 Å². The van der Waals surface area contributed by atoms with Crippen LogP contribution in [-0.4, -0.2) is 21.1 Å². The Morgan fingerprint density at radius 2 is 2.29 bits per heavy atom. The Morgan fingerprint density at radius 3 is 2.88 bits per heavy atom. The van der Waals surface area contributed by atoms with Crippen molar-refractivity contribution in [3.63, 3.8) is 0 Å². The molecule has 0 aliphatic carbocycles. The number of carbonyl (C=O) groups is 1. The second kappa shape index (κ2) is 4.72. The van der Waals surface area contributed by atoms with E-state index in [-0.39, 0.29) is 11.4 Å². The summed E-state index contributed by atoms with van der Waals surface area (Å²) < 4.78 is 0.592. The van der Waals surface area contributed by atoms with Crippen LogP contribution in [0.1, 0.15) is 10.5 Å². The van der Waals surface area contributed by atoms with Crippen molar-refractivity contribution >= 4 is 44.8 Å². The molecule has 0 saturated heterocycles. The van der Waals surface area contributed by atoms with E-state index in [1.54, 1.807) is 6.07 Å². The molecule has 0 radical (unpaired) electrons. The minimum atomic E-state index is -0.393. The number of aromatic nitrogens is 3. The molecule has 2 rings (SSSR count). The smallest absolute Gasteiger partial charge is 0.275 e.